The van der Waals surface area contributed by atoms with Crippen molar-refractivity contribution < 1.29 is 0 Å². The molecule has 0 spiro atoms. The topological polar surface area (TPSA) is 15.3 Å². The van der Waals surface area contributed by atoms with E-state index >= 15 is 0 Å². The number of para-hydroxylation sites is 1. The van der Waals surface area contributed by atoms with Gasteiger partial charge >= 0.3 is 0 Å². The molecule has 1 unspecified atom stereocenters. The minimum Gasteiger partial charge on any atom is -0.371 e. The Kier molecular flexibility index (Phi) is 5.71. The maximum Gasteiger partial charge on any atom is 0.0414 e. The van der Waals surface area contributed by atoms with Crippen LogP contribution in [0, 0.1) is 0 Å². The number of rotatable bonds is 4. The van der Waals surface area contributed by atoms with Crippen LogP contribution in [-0.4, -0.2) is 20.1 Å². The number of anilines is 1. The molecule has 1 N–H and O–H groups in total. The molecule has 0 aliphatic carbocycles. The minimum atomic E-state index is 0.474. The number of hydrogen-bond acceptors (Lipinski definition) is 2. The molecule has 1 aliphatic rings. The van der Waals surface area contributed by atoms with Crippen LogP contribution in [0.2, 0.25) is 0 Å². The largest absolute Gasteiger partial charge is 0.371 e. The molecule has 1 aromatic rings. The first kappa shape index (κ1) is 14.4. The standard InChI is InChI=1S/C17H28N2/c1-3-16(18-2)15-11-7-8-12-17(15)19-13-9-5-4-6-10-14-19/h7-8,11-12,16,18H,3-6,9-10,13-14H2,1-2H3. The zero-order chi connectivity index (χ0) is 13.5. The Morgan fingerprint density at radius 2 is 1.68 bits per heavy atom. The summed E-state index contributed by atoms with van der Waals surface area (Å²) in [5.41, 5.74) is 2.92. The van der Waals surface area contributed by atoms with Crippen molar-refractivity contribution in [3.8, 4) is 0 Å². The highest BCUT2D eigenvalue weighted by Crippen LogP contribution is 2.29. The lowest BCUT2D eigenvalue weighted by molar-refractivity contribution is 0.545. The van der Waals surface area contributed by atoms with Gasteiger partial charge in [0.1, 0.15) is 0 Å². The van der Waals surface area contributed by atoms with Crippen LogP contribution in [0.4, 0.5) is 5.69 Å². The molecule has 1 fully saturated rings. The van der Waals surface area contributed by atoms with E-state index in [1.165, 1.54) is 56.4 Å². The molecule has 2 nitrogen and oxygen atoms in total. The van der Waals surface area contributed by atoms with Crippen molar-refractivity contribution in [3.63, 3.8) is 0 Å². The van der Waals surface area contributed by atoms with Gasteiger partial charge in [0.2, 0.25) is 0 Å². The molecule has 0 radical (unpaired) electrons. The molecule has 0 aromatic heterocycles. The number of hydrogen-bond donors (Lipinski definition) is 1. The molecule has 1 aromatic carbocycles. The molecular formula is C17H28N2. The predicted octanol–water partition coefficient (Wildman–Crippen LogP) is 4.13. The molecule has 0 bridgehead atoms. The van der Waals surface area contributed by atoms with Crippen molar-refractivity contribution in [1.82, 2.24) is 5.32 Å². The Morgan fingerprint density at radius 1 is 1.05 bits per heavy atom. The lowest BCUT2D eigenvalue weighted by atomic mass is 10.00. The number of benzene rings is 1. The van der Waals surface area contributed by atoms with E-state index in [0.29, 0.717) is 6.04 Å². The van der Waals surface area contributed by atoms with E-state index in [-0.39, 0.29) is 0 Å². The Hall–Kier alpha value is -1.02. The number of nitrogens with zero attached hydrogens (tertiary/aromatic N) is 1. The maximum atomic E-state index is 3.45. The van der Waals surface area contributed by atoms with Gasteiger partial charge in [0, 0.05) is 24.8 Å². The van der Waals surface area contributed by atoms with E-state index in [9.17, 15) is 0 Å². The smallest absolute Gasteiger partial charge is 0.0414 e. The van der Waals surface area contributed by atoms with Crippen molar-refractivity contribution >= 4 is 5.69 Å². The van der Waals surface area contributed by atoms with E-state index in [1.807, 2.05) is 0 Å². The third kappa shape index (κ3) is 3.73. The van der Waals surface area contributed by atoms with E-state index in [2.05, 4.69) is 48.5 Å². The fraction of sp³-hybridized carbons (Fsp3) is 0.647. The highest BCUT2D eigenvalue weighted by Gasteiger charge is 2.16. The first-order valence-corrected chi connectivity index (χ1v) is 7.88. The van der Waals surface area contributed by atoms with Crippen molar-refractivity contribution in [2.24, 2.45) is 0 Å². The summed E-state index contributed by atoms with van der Waals surface area (Å²) in [7, 11) is 2.07. The van der Waals surface area contributed by atoms with Gasteiger partial charge in [0.15, 0.2) is 0 Å². The van der Waals surface area contributed by atoms with Crippen LogP contribution < -0.4 is 10.2 Å². The first-order chi connectivity index (χ1) is 9.36. The summed E-state index contributed by atoms with van der Waals surface area (Å²) in [4.78, 5) is 2.61. The monoisotopic (exact) mass is 260 g/mol. The Bertz CT molecular complexity index is 363. The summed E-state index contributed by atoms with van der Waals surface area (Å²) in [5.74, 6) is 0. The molecule has 106 valence electrons. The summed E-state index contributed by atoms with van der Waals surface area (Å²) in [6.07, 6.45) is 8.02. The summed E-state index contributed by atoms with van der Waals surface area (Å²) >= 11 is 0. The maximum absolute atomic E-state index is 3.45. The molecular weight excluding hydrogens is 232 g/mol. The van der Waals surface area contributed by atoms with Gasteiger partial charge in [0.05, 0.1) is 0 Å². The second-order valence-electron chi connectivity index (χ2n) is 5.56. The lowest BCUT2D eigenvalue weighted by Gasteiger charge is -2.31. The molecule has 1 aliphatic heterocycles. The van der Waals surface area contributed by atoms with Crippen LogP contribution in [0.1, 0.15) is 57.1 Å². The van der Waals surface area contributed by atoms with Gasteiger partial charge in [-0.3, -0.25) is 0 Å². The van der Waals surface area contributed by atoms with E-state index in [1.54, 1.807) is 0 Å². The Morgan fingerprint density at radius 3 is 2.32 bits per heavy atom. The van der Waals surface area contributed by atoms with Crippen LogP contribution >= 0.6 is 0 Å². The molecule has 2 rings (SSSR count). The first-order valence-electron chi connectivity index (χ1n) is 7.88. The molecule has 2 heteroatoms. The van der Waals surface area contributed by atoms with Gasteiger partial charge in [-0.05, 0) is 37.9 Å². The third-order valence-electron chi connectivity index (χ3n) is 4.27. The third-order valence-corrected chi connectivity index (χ3v) is 4.27. The van der Waals surface area contributed by atoms with Gasteiger partial charge in [-0.15, -0.1) is 0 Å². The Labute approximate surface area is 118 Å². The van der Waals surface area contributed by atoms with Crippen molar-refractivity contribution in [1.29, 1.82) is 0 Å². The zero-order valence-corrected chi connectivity index (χ0v) is 12.5. The van der Waals surface area contributed by atoms with Crippen LogP contribution in [0.5, 0.6) is 0 Å². The molecule has 1 heterocycles. The average Bonchev–Trinajstić information content (AvgIpc) is 2.41. The van der Waals surface area contributed by atoms with Crippen LogP contribution in [0.25, 0.3) is 0 Å². The van der Waals surface area contributed by atoms with Crippen LogP contribution in [0.15, 0.2) is 24.3 Å². The highest BCUT2D eigenvalue weighted by atomic mass is 15.1. The molecule has 1 saturated heterocycles. The van der Waals surface area contributed by atoms with Crippen LogP contribution in [0.3, 0.4) is 0 Å². The van der Waals surface area contributed by atoms with Gasteiger partial charge in [0.25, 0.3) is 0 Å². The zero-order valence-electron chi connectivity index (χ0n) is 12.5. The van der Waals surface area contributed by atoms with Gasteiger partial charge in [-0.1, -0.05) is 44.4 Å². The highest BCUT2D eigenvalue weighted by molar-refractivity contribution is 5.55. The average molecular weight is 260 g/mol. The summed E-state index contributed by atoms with van der Waals surface area (Å²) in [6, 6.07) is 9.42. The summed E-state index contributed by atoms with van der Waals surface area (Å²) < 4.78 is 0. The lowest BCUT2D eigenvalue weighted by Crippen LogP contribution is -2.29. The molecule has 1 atom stereocenters. The van der Waals surface area contributed by atoms with Crippen molar-refractivity contribution in [3.05, 3.63) is 29.8 Å². The summed E-state index contributed by atoms with van der Waals surface area (Å²) in [6.45, 7) is 4.69. The normalized spacial score (nSPS) is 18.7. The van der Waals surface area contributed by atoms with E-state index < -0.39 is 0 Å². The molecule has 0 amide bonds. The predicted molar refractivity (Wildman–Crippen MR) is 83.8 cm³/mol. The Balaban J connectivity index is 2.21. The van der Waals surface area contributed by atoms with E-state index in [4.69, 9.17) is 0 Å². The van der Waals surface area contributed by atoms with Crippen molar-refractivity contribution in [2.45, 2.75) is 51.5 Å². The van der Waals surface area contributed by atoms with Gasteiger partial charge < -0.3 is 10.2 Å². The minimum absolute atomic E-state index is 0.474. The molecule has 19 heavy (non-hydrogen) atoms. The second-order valence-corrected chi connectivity index (χ2v) is 5.56. The molecule has 0 saturated carbocycles. The van der Waals surface area contributed by atoms with Gasteiger partial charge in [-0.25, -0.2) is 0 Å². The van der Waals surface area contributed by atoms with Crippen molar-refractivity contribution in [2.75, 3.05) is 25.0 Å². The van der Waals surface area contributed by atoms with Crippen LogP contribution in [-0.2, 0) is 0 Å². The number of nitrogens with one attached hydrogen (secondary N) is 1. The fourth-order valence-electron chi connectivity index (χ4n) is 3.14. The quantitative estimate of drug-likeness (QED) is 0.875. The SMILES string of the molecule is CCC(NC)c1ccccc1N1CCCCCCC1. The second kappa shape index (κ2) is 7.54. The van der Waals surface area contributed by atoms with Gasteiger partial charge in [-0.2, -0.15) is 0 Å². The summed E-state index contributed by atoms with van der Waals surface area (Å²) in [5, 5.41) is 3.45. The van der Waals surface area contributed by atoms with E-state index in [0.717, 1.165) is 6.42 Å². The fourth-order valence-corrected chi connectivity index (χ4v) is 3.14.